The van der Waals surface area contributed by atoms with E-state index in [-0.39, 0.29) is 5.91 Å². The number of benzene rings is 1. The molecule has 1 heterocycles. The molecular formula is C12H11BrClN3O. The van der Waals surface area contributed by atoms with Gasteiger partial charge < -0.3 is 5.32 Å². The Kier molecular flexibility index (Phi) is 4.04. The van der Waals surface area contributed by atoms with Crippen molar-refractivity contribution >= 4 is 33.4 Å². The van der Waals surface area contributed by atoms with Gasteiger partial charge in [-0.15, -0.1) is 0 Å². The fourth-order valence-corrected chi connectivity index (χ4v) is 2.08. The van der Waals surface area contributed by atoms with Crippen molar-refractivity contribution in [3.05, 3.63) is 51.2 Å². The number of halogens is 2. The van der Waals surface area contributed by atoms with E-state index in [0.717, 1.165) is 10.2 Å². The molecule has 0 bridgehead atoms. The second-order valence-electron chi connectivity index (χ2n) is 3.75. The van der Waals surface area contributed by atoms with Crippen molar-refractivity contribution in [3.8, 4) is 0 Å². The molecule has 0 fully saturated rings. The number of carbonyl (C=O) groups excluding carboxylic acids is 1. The molecule has 0 radical (unpaired) electrons. The van der Waals surface area contributed by atoms with Crippen LogP contribution in [0, 0.1) is 0 Å². The Morgan fingerprint density at radius 1 is 1.50 bits per heavy atom. The molecule has 6 heteroatoms. The number of aromatic nitrogens is 2. The number of nitrogens with zero attached hydrogens (tertiary/aromatic N) is 2. The van der Waals surface area contributed by atoms with Gasteiger partial charge in [0, 0.05) is 17.7 Å². The van der Waals surface area contributed by atoms with Gasteiger partial charge >= 0.3 is 0 Å². The molecule has 0 saturated carbocycles. The summed E-state index contributed by atoms with van der Waals surface area (Å²) in [6, 6.07) is 7.02. The summed E-state index contributed by atoms with van der Waals surface area (Å²) >= 11 is 9.30. The Balaban J connectivity index is 2.08. The standard InChI is InChI=1S/C12H11BrClN3O/c1-17-9(4-5-16-17)7-15-12(18)10-6-8(13)2-3-11(10)14/h2-6H,7H2,1H3,(H,15,18). The van der Waals surface area contributed by atoms with Crippen molar-refractivity contribution in [2.24, 2.45) is 7.05 Å². The lowest BCUT2D eigenvalue weighted by Crippen LogP contribution is -2.24. The predicted molar refractivity (Wildman–Crippen MR) is 73.5 cm³/mol. The third-order valence-corrected chi connectivity index (χ3v) is 3.35. The first-order valence-corrected chi connectivity index (χ1v) is 6.45. The van der Waals surface area contributed by atoms with Crippen molar-refractivity contribution in [2.75, 3.05) is 0 Å². The zero-order valence-electron chi connectivity index (χ0n) is 9.65. The van der Waals surface area contributed by atoms with E-state index in [4.69, 9.17) is 11.6 Å². The maximum absolute atomic E-state index is 12.0. The molecule has 0 aliphatic rings. The molecule has 0 unspecified atom stereocenters. The Bertz CT molecular complexity index is 582. The first kappa shape index (κ1) is 13.1. The molecule has 0 saturated heterocycles. The third kappa shape index (κ3) is 2.91. The predicted octanol–water partition coefficient (Wildman–Crippen LogP) is 2.77. The zero-order valence-corrected chi connectivity index (χ0v) is 12.0. The van der Waals surface area contributed by atoms with Gasteiger partial charge in [0.2, 0.25) is 0 Å². The van der Waals surface area contributed by atoms with Gasteiger partial charge in [-0.25, -0.2) is 0 Å². The van der Waals surface area contributed by atoms with Crippen LogP contribution < -0.4 is 5.32 Å². The van der Waals surface area contributed by atoms with Gasteiger partial charge in [-0.1, -0.05) is 27.5 Å². The average molecular weight is 329 g/mol. The van der Waals surface area contributed by atoms with Gasteiger partial charge in [0.15, 0.2) is 0 Å². The van der Waals surface area contributed by atoms with E-state index < -0.39 is 0 Å². The Hall–Kier alpha value is -1.33. The molecule has 0 aliphatic heterocycles. The van der Waals surface area contributed by atoms with E-state index in [1.165, 1.54) is 0 Å². The van der Waals surface area contributed by atoms with Gasteiger partial charge in [0.25, 0.3) is 5.91 Å². The maximum Gasteiger partial charge on any atom is 0.253 e. The lowest BCUT2D eigenvalue weighted by atomic mass is 10.2. The Morgan fingerprint density at radius 3 is 2.94 bits per heavy atom. The Morgan fingerprint density at radius 2 is 2.28 bits per heavy atom. The smallest absolute Gasteiger partial charge is 0.253 e. The fourth-order valence-electron chi connectivity index (χ4n) is 1.51. The summed E-state index contributed by atoms with van der Waals surface area (Å²) in [5.74, 6) is -0.206. The second kappa shape index (κ2) is 5.54. The van der Waals surface area contributed by atoms with E-state index in [1.807, 2.05) is 13.1 Å². The van der Waals surface area contributed by atoms with E-state index in [2.05, 4.69) is 26.3 Å². The van der Waals surface area contributed by atoms with Crippen LogP contribution >= 0.6 is 27.5 Å². The largest absolute Gasteiger partial charge is 0.346 e. The van der Waals surface area contributed by atoms with Crippen LogP contribution in [0.5, 0.6) is 0 Å². The average Bonchev–Trinajstić information content (AvgIpc) is 2.75. The van der Waals surface area contributed by atoms with Crippen LogP contribution in [0.4, 0.5) is 0 Å². The van der Waals surface area contributed by atoms with Gasteiger partial charge in [-0.05, 0) is 24.3 Å². The lowest BCUT2D eigenvalue weighted by Gasteiger charge is -2.07. The number of carbonyl (C=O) groups is 1. The summed E-state index contributed by atoms with van der Waals surface area (Å²) in [6.07, 6.45) is 1.69. The van der Waals surface area contributed by atoms with E-state index in [1.54, 1.807) is 29.1 Å². The molecule has 0 atom stereocenters. The zero-order chi connectivity index (χ0) is 13.1. The minimum atomic E-state index is -0.206. The van der Waals surface area contributed by atoms with Crippen molar-refractivity contribution in [1.29, 1.82) is 0 Å². The number of aryl methyl sites for hydroxylation is 1. The monoisotopic (exact) mass is 327 g/mol. The van der Waals surface area contributed by atoms with Crippen LogP contribution in [0.15, 0.2) is 34.9 Å². The first-order valence-electron chi connectivity index (χ1n) is 5.28. The van der Waals surface area contributed by atoms with E-state index >= 15 is 0 Å². The summed E-state index contributed by atoms with van der Waals surface area (Å²) in [5.41, 5.74) is 1.38. The van der Waals surface area contributed by atoms with Crippen LogP contribution in [0.2, 0.25) is 5.02 Å². The summed E-state index contributed by atoms with van der Waals surface area (Å²) in [7, 11) is 1.83. The lowest BCUT2D eigenvalue weighted by molar-refractivity contribution is 0.0950. The molecule has 2 rings (SSSR count). The molecular weight excluding hydrogens is 318 g/mol. The van der Waals surface area contributed by atoms with Crippen LogP contribution in [0.1, 0.15) is 16.1 Å². The number of hydrogen-bond acceptors (Lipinski definition) is 2. The van der Waals surface area contributed by atoms with E-state index in [9.17, 15) is 4.79 Å². The highest BCUT2D eigenvalue weighted by molar-refractivity contribution is 9.10. The van der Waals surface area contributed by atoms with Crippen LogP contribution in [0.25, 0.3) is 0 Å². The van der Waals surface area contributed by atoms with Crippen molar-refractivity contribution < 1.29 is 4.79 Å². The van der Waals surface area contributed by atoms with Gasteiger partial charge in [-0.3, -0.25) is 9.48 Å². The van der Waals surface area contributed by atoms with Gasteiger partial charge in [0.05, 0.1) is 22.8 Å². The van der Waals surface area contributed by atoms with Crippen molar-refractivity contribution in [3.63, 3.8) is 0 Å². The van der Waals surface area contributed by atoms with Crippen LogP contribution in [-0.4, -0.2) is 15.7 Å². The molecule has 1 amide bonds. The highest BCUT2D eigenvalue weighted by Gasteiger charge is 2.11. The molecule has 0 aliphatic carbocycles. The molecule has 2 aromatic rings. The SMILES string of the molecule is Cn1nccc1CNC(=O)c1cc(Br)ccc1Cl. The summed E-state index contributed by atoms with van der Waals surface area (Å²) in [6.45, 7) is 0.415. The molecule has 1 aromatic heterocycles. The van der Waals surface area contributed by atoms with Gasteiger partial charge in [0.1, 0.15) is 0 Å². The van der Waals surface area contributed by atoms with Crippen molar-refractivity contribution in [2.45, 2.75) is 6.54 Å². The van der Waals surface area contributed by atoms with Crippen molar-refractivity contribution in [1.82, 2.24) is 15.1 Å². The highest BCUT2D eigenvalue weighted by atomic mass is 79.9. The maximum atomic E-state index is 12.0. The highest BCUT2D eigenvalue weighted by Crippen LogP contribution is 2.20. The Labute approximate surface area is 118 Å². The van der Waals surface area contributed by atoms with Crippen LogP contribution in [-0.2, 0) is 13.6 Å². The molecule has 94 valence electrons. The fraction of sp³-hybridized carbons (Fsp3) is 0.167. The summed E-state index contributed by atoms with van der Waals surface area (Å²) in [4.78, 5) is 12.0. The number of rotatable bonds is 3. The number of amides is 1. The molecule has 1 N–H and O–H groups in total. The quantitative estimate of drug-likeness (QED) is 0.942. The van der Waals surface area contributed by atoms with Crippen LogP contribution in [0.3, 0.4) is 0 Å². The second-order valence-corrected chi connectivity index (χ2v) is 5.08. The number of nitrogens with one attached hydrogen (secondary N) is 1. The first-order chi connectivity index (χ1) is 8.58. The minimum Gasteiger partial charge on any atom is -0.346 e. The number of hydrogen-bond donors (Lipinski definition) is 1. The molecule has 0 spiro atoms. The molecule has 18 heavy (non-hydrogen) atoms. The minimum absolute atomic E-state index is 0.206. The third-order valence-electron chi connectivity index (χ3n) is 2.53. The molecule has 4 nitrogen and oxygen atoms in total. The summed E-state index contributed by atoms with van der Waals surface area (Å²) < 4.78 is 2.53. The normalized spacial score (nSPS) is 10.4. The van der Waals surface area contributed by atoms with E-state index in [0.29, 0.717) is 17.1 Å². The summed E-state index contributed by atoms with van der Waals surface area (Å²) in [5, 5.41) is 7.27. The topological polar surface area (TPSA) is 46.9 Å². The van der Waals surface area contributed by atoms with Gasteiger partial charge in [-0.2, -0.15) is 5.10 Å². The molecule has 1 aromatic carbocycles.